The summed E-state index contributed by atoms with van der Waals surface area (Å²) in [6.07, 6.45) is -0.735. The molecule has 4 rings (SSSR count). The minimum atomic E-state index is -2.88. The first-order chi connectivity index (χ1) is 20.2. The number of primary amides is 1. The number of alkyl carbamates (subject to hydrolysis) is 1. The Hall–Kier alpha value is -3.84. The van der Waals surface area contributed by atoms with Crippen LogP contribution < -0.4 is 16.0 Å². The zero-order chi connectivity index (χ0) is 33.3. The van der Waals surface area contributed by atoms with E-state index in [4.69, 9.17) is 10.5 Å². The fraction of sp³-hybridized carbons (Fsp3) is 0.613. The summed E-state index contributed by atoms with van der Waals surface area (Å²) in [6.45, 7) is 6.91. The van der Waals surface area contributed by atoms with Gasteiger partial charge in [0.25, 0.3) is 0 Å². The van der Waals surface area contributed by atoms with Crippen molar-refractivity contribution in [3.05, 3.63) is 22.8 Å². The Morgan fingerprint density at radius 1 is 1.11 bits per heavy atom. The minimum absolute atomic E-state index is 0.0864. The number of fused-ring (bicyclic) bond motifs is 3. The molecule has 13 heteroatoms. The van der Waals surface area contributed by atoms with Crippen LogP contribution in [0.2, 0.25) is 0 Å². The van der Waals surface area contributed by atoms with Crippen LogP contribution in [0.25, 0.3) is 0 Å². The maximum atomic E-state index is 14.4. The molecule has 0 bridgehead atoms. The van der Waals surface area contributed by atoms with Gasteiger partial charge in [-0.15, -0.1) is 0 Å². The predicted octanol–water partition coefficient (Wildman–Crippen LogP) is 0.595. The van der Waals surface area contributed by atoms with Gasteiger partial charge >= 0.3 is 6.09 Å². The van der Waals surface area contributed by atoms with Gasteiger partial charge in [-0.2, -0.15) is 0 Å². The van der Waals surface area contributed by atoms with E-state index in [9.17, 15) is 39.0 Å². The molecular weight excluding hydrogens is 572 g/mol. The Kier molecular flexibility index (Phi) is 8.23. The monoisotopic (exact) mass is 614 g/mol. The third kappa shape index (κ3) is 4.68. The van der Waals surface area contributed by atoms with E-state index >= 15 is 0 Å². The van der Waals surface area contributed by atoms with Crippen molar-refractivity contribution in [1.29, 1.82) is 0 Å². The van der Waals surface area contributed by atoms with Gasteiger partial charge in [0.15, 0.2) is 34.7 Å². The van der Waals surface area contributed by atoms with E-state index in [2.05, 4.69) is 5.32 Å². The highest BCUT2D eigenvalue weighted by Crippen LogP contribution is 2.62. The largest absolute Gasteiger partial charge is 0.507 e. The summed E-state index contributed by atoms with van der Waals surface area (Å²) in [5.74, 6) is -9.36. The second-order valence-corrected chi connectivity index (χ2v) is 13.8. The number of hydrogen-bond acceptors (Lipinski definition) is 11. The van der Waals surface area contributed by atoms with Crippen molar-refractivity contribution < 1.29 is 43.7 Å². The number of phenols is 1. The van der Waals surface area contributed by atoms with Crippen molar-refractivity contribution >= 4 is 40.8 Å². The molecular formula is C31H42N4O9. The molecule has 0 heterocycles. The molecule has 0 aliphatic heterocycles. The van der Waals surface area contributed by atoms with Crippen LogP contribution in [-0.4, -0.2) is 96.7 Å². The number of amides is 2. The minimum Gasteiger partial charge on any atom is -0.507 e. The number of carbonyl (C=O) groups is 6. The number of Topliss-reactive ketones (excluding diaryl/α,β-unsaturated/α-hetero) is 4. The fourth-order valence-electron chi connectivity index (χ4n) is 7.82. The first kappa shape index (κ1) is 33.1. The summed E-state index contributed by atoms with van der Waals surface area (Å²) >= 11 is 0. The van der Waals surface area contributed by atoms with E-state index in [1.54, 1.807) is 46.1 Å². The number of likely N-dealkylation sites (N-methyl/N-ethyl adjacent to an activating group) is 1. The summed E-state index contributed by atoms with van der Waals surface area (Å²) < 4.78 is 5.14. The molecule has 5 N–H and O–H groups in total. The number of ketones is 4. The van der Waals surface area contributed by atoms with E-state index in [1.807, 2.05) is 13.8 Å². The second kappa shape index (κ2) is 11.0. The third-order valence-corrected chi connectivity index (χ3v) is 9.50. The number of rotatable bonds is 7. The van der Waals surface area contributed by atoms with E-state index in [0.29, 0.717) is 11.3 Å². The molecule has 1 aromatic rings. The van der Waals surface area contributed by atoms with Crippen LogP contribution in [0.3, 0.4) is 0 Å². The number of carbonyl (C=O) groups excluding carboxylic acids is 6. The Morgan fingerprint density at radius 3 is 2.25 bits per heavy atom. The summed E-state index contributed by atoms with van der Waals surface area (Å²) in [6, 6.07) is 0.399. The molecule has 2 saturated carbocycles. The number of nitrogens with one attached hydrogen (secondary N) is 1. The van der Waals surface area contributed by atoms with Gasteiger partial charge in [-0.3, -0.25) is 28.9 Å². The lowest BCUT2D eigenvalue weighted by Gasteiger charge is -2.61. The van der Waals surface area contributed by atoms with Crippen molar-refractivity contribution in [2.75, 3.05) is 39.7 Å². The lowest BCUT2D eigenvalue weighted by Crippen LogP contribution is -2.79. The second-order valence-electron chi connectivity index (χ2n) is 13.8. The van der Waals surface area contributed by atoms with Crippen LogP contribution in [0, 0.1) is 28.6 Å². The molecule has 0 spiro atoms. The Morgan fingerprint density at radius 2 is 1.73 bits per heavy atom. The van der Waals surface area contributed by atoms with Gasteiger partial charge in [-0.1, -0.05) is 27.7 Å². The number of aromatic hydroxyl groups is 1. The standard InChI is InChI=1S/C31H42N4O9/c1-14(2)12-44-28(42)33-11-15-9-17(34(5)6)16-10-29(3)13-30(4)24(35(7)8)23(38)19(27(32)41)25(39)31(30,43)26(40)20(29)22(37)18(16)21(15)36/h9,14,19-20,24,36,43H,10-13H2,1-8H3,(H2,32,41)(H,33,42)/t19?,20?,24-,29+,30+,31-/m1/s1. The van der Waals surface area contributed by atoms with E-state index in [1.165, 1.54) is 11.8 Å². The van der Waals surface area contributed by atoms with Crippen molar-refractivity contribution in [3.8, 4) is 5.75 Å². The molecule has 2 fully saturated rings. The highest BCUT2D eigenvalue weighted by Gasteiger charge is 2.76. The smallest absolute Gasteiger partial charge is 0.407 e. The molecule has 240 valence electrons. The van der Waals surface area contributed by atoms with E-state index in [-0.39, 0.29) is 43.0 Å². The molecule has 1 aromatic carbocycles. The number of hydrogen-bond donors (Lipinski definition) is 4. The summed E-state index contributed by atoms with van der Waals surface area (Å²) in [5, 5.41) is 26.0. The molecule has 3 aliphatic rings. The van der Waals surface area contributed by atoms with Crippen molar-refractivity contribution in [3.63, 3.8) is 0 Å². The van der Waals surface area contributed by atoms with Crippen molar-refractivity contribution in [2.45, 2.75) is 58.7 Å². The van der Waals surface area contributed by atoms with Crippen molar-refractivity contribution in [1.82, 2.24) is 10.2 Å². The normalized spacial score (nSPS) is 31.4. The summed E-state index contributed by atoms with van der Waals surface area (Å²) in [7, 11) is 6.57. The molecule has 2 unspecified atom stereocenters. The van der Waals surface area contributed by atoms with E-state index < -0.39 is 75.2 Å². The molecule has 44 heavy (non-hydrogen) atoms. The van der Waals surface area contributed by atoms with Gasteiger partial charge in [0, 0.05) is 37.3 Å². The van der Waals surface area contributed by atoms with Gasteiger partial charge in [0.2, 0.25) is 5.91 Å². The maximum Gasteiger partial charge on any atom is 0.407 e. The highest BCUT2D eigenvalue weighted by atomic mass is 16.5. The third-order valence-electron chi connectivity index (χ3n) is 9.50. The van der Waals surface area contributed by atoms with E-state index in [0.717, 1.165) is 0 Å². The quantitative estimate of drug-likeness (QED) is 0.314. The lowest BCUT2D eigenvalue weighted by atomic mass is 9.42. The van der Waals surface area contributed by atoms with Gasteiger partial charge < -0.3 is 30.9 Å². The maximum absolute atomic E-state index is 14.4. The van der Waals surface area contributed by atoms with Crippen LogP contribution in [0.5, 0.6) is 5.75 Å². The SMILES string of the molecule is CC(C)COC(=O)NCc1cc(N(C)C)c2c(c1O)C(=O)C1C(=O)[C@]3(O)C(=O)C(C(N)=O)C(=O)[C@@H](N(C)C)[C@]3(C)C[C@]1(C)C2. The van der Waals surface area contributed by atoms with Crippen LogP contribution in [-0.2, 0) is 36.9 Å². The number of nitrogens with zero attached hydrogens (tertiary/aromatic N) is 2. The first-order valence-electron chi connectivity index (χ1n) is 14.5. The number of anilines is 1. The first-order valence-corrected chi connectivity index (χ1v) is 14.5. The molecule has 6 atom stereocenters. The Balaban J connectivity index is 1.87. The molecule has 13 nitrogen and oxygen atoms in total. The Labute approximate surface area is 256 Å². The number of ether oxygens (including phenoxy) is 1. The molecule has 0 saturated heterocycles. The number of phenolic OH excluding ortho intramolecular Hbond substituents is 1. The molecule has 2 amide bonds. The van der Waals surface area contributed by atoms with Crippen LogP contribution in [0.1, 0.15) is 55.6 Å². The van der Waals surface area contributed by atoms with Gasteiger partial charge in [0.05, 0.1) is 24.1 Å². The van der Waals surface area contributed by atoms with Crippen LogP contribution >= 0.6 is 0 Å². The highest BCUT2D eigenvalue weighted by molar-refractivity contribution is 6.33. The predicted molar refractivity (Wildman–Crippen MR) is 158 cm³/mol. The van der Waals surface area contributed by atoms with Crippen molar-refractivity contribution in [2.24, 2.45) is 34.3 Å². The number of benzene rings is 1. The Bertz CT molecular complexity index is 1470. The average Bonchev–Trinajstić information content (AvgIpc) is 2.88. The van der Waals surface area contributed by atoms with Crippen LogP contribution in [0.15, 0.2) is 6.07 Å². The molecule has 3 aliphatic carbocycles. The number of nitrogens with two attached hydrogens (primary N) is 1. The fourth-order valence-corrected chi connectivity index (χ4v) is 7.82. The number of aliphatic hydroxyl groups is 1. The topological polar surface area (TPSA) is 197 Å². The van der Waals surface area contributed by atoms with Gasteiger partial charge in [-0.25, -0.2) is 4.79 Å². The molecule has 0 radical (unpaired) electrons. The summed E-state index contributed by atoms with van der Waals surface area (Å²) in [4.78, 5) is 83.8. The zero-order valence-electron chi connectivity index (χ0n) is 26.4. The van der Waals surface area contributed by atoms with Crippen LogP contribution in [0.4, 0.5) is 10.5 Å². The lowest BCUT2D eigenvalue weighted by molar-refractivity contribution is -0.203. The van der Waals surface area contributed by atoms with Gasteiger partial charge in [0.1, 0.15) is 5.75 Å². The van der Waals surface area contributed by atoms with Gasteiger partial charge in [-0.05, 0) is 49.9 Å². The zero-order valence-corrected chi connectivity index (χ0v) is 26.4. The summed E-state index contributed by atoms with van der Waals surface area (Å²) in [5.41, 5.74) is 0.703. The average molecular weight is 615 g/mol. The molecule has 0 aromatic heterocycles.